The van der Waals surface area contributed by atoms with E-state index in [4.69, 9.17) is 9.47 Å². The highest BCUT2D eigenvalue weighted by molar-refractivity contribution is 8.76. The number of carbonyl (C=O) groups is 2. The van der Waals surface area contributed by atoms with Gasteiger partial charge in [0.25, 0.3) is 0 Å². The lowest BCUT2D eigenvalue weighted by atomic mass is 10.6. The number of rotatable bonds is 9. The number of ether oxygens (including phenoxy) is 2. The second-order valence-corrected chi connectivity index (χ2v) is 7.41. The molecule has 0 unspecified atom stereocenters. The summed E-state index contributed by atoms with van der Waals surface area (Å²) < 4.78 is 10.5. The lowest BCUT2D eigenvalue weighted by Crippen LogP contribution is -2.21. The molecule has 0 atom stereocenters. The van der Waals surface area contributed by atoms with Gasteiger partial charge >= 0.3 is 12.3 Å². The quantitative estimate of drug-likeness (QED) is 0.254. The van der Waals surface area contributed by atoms with Crippen molar-refractivity contribution in [3.8, 4) is 23.5 Å². The van der Waals surface area contributed by atoms with Crippen LogP contribution in [0.1, 0.15) is 0 Å². The fraction of sp³-hybridized carbons (Fsp3) is 0.286. The standard InChI is InChI=1S/C14H16N2O10S2/c17-9-1-2-10(18)15(9)25-13(21)23-5-7-27-28-8-6-24-14(22)26-16-11(19)3-4-12(16)20/h1-4,17-20H,5-8H2. The molecule has 0 aliphatic rings. The van der Waals surface area contributed by atoms with Crippen molar-refractivity contribution in [2.24, 2.45) is 0 Å². The maximum atomic E-state index is 11.4. The molecule has 0 bridgehead atoms. The van der Waals surface area contributed by atoms with E-state index in [-0.39, 0.29) is 13.2 Å². The van der Waals surface area contributed by atoms with Gasteiger partial charge in [0, 0.05) is 35.8 Å². The van der Waals surface area contributed by atoms with Gasteiger partial charge in [0.15, 0.2) is 0 Å². The van der Waals surface area contributed by atoms with Crippen LogP contribution in [0.15, 0.2) is 24.3 Å². The zero-order valence-corrected chi connectivity index (χ0v) is 15.7. The summed E-state index contributed by atoms with van der Waals surface area (Å²) in [6, 6.07) is 4.54. The zero-order chi connectivity index (χ0) is 20.5. The molecule has 154 valence electrons. The number of aromatic hydroxyl groups is 4. The Labute approximate surface area is 165 Å². The Morgan fingerprint density at radius 2 is 1.04 bits per heavy atom. The van der Waals surface area contributed by atoms with Gasteiger partial charge in [0.05, 0.1) is 0 Å². The number of hydrogen-bond donors (Lipinski definition) is 4. The molecule has 0 fully saturated rings. The SMILES string of the molecule is O=C(OCCSSCCOC(=O)On1c(O)ccc1O)On1c(O)ccc1O. The molecule has 2 heterocycles. The Kier molecular flexibility index (Phi) is 7.88. The molecule has 4 N–H and O–H groups in total. The zero-order valence-electron chi connectivity index (χ0n) is 14.1. The van der Waals surface area contributed by atoms with Crippen molar-refractivity contribution in [1.82, 2.24) is 9.46 Å². The first kappa shape index (κ1) is 21.3. The minimum absolute atomic E-state index is 0.00831. The van der Waals surface area contributed by atoms with E-state index < -0.39 is 35.8 Å². The van der Waals surface area contributed by atoms with E-state index in [0.717, 1.165) is 24.3 Å². The van der Waals surface area contributed by atoms with Crippen LogP contribution in [0.3, 0.4) is 0 Å². The van der Waals surface area contributed by atoms with Crippen LogP contribution < -0.4 is 9.68 Å². The first-order chi connectivity index (χ1) is 13.4. The van der Waals surface area contributed by atoms with Crippen molar-refractivity contribution in [2.45, 2.75) is 0 Å². The maximum absolute atomic E-state index is 11.4. The van der Waals surface area contributed by atoms with Crippen LogP contribution in [-0.2, 0) is 9.47 Å². The third-order valence-corrected chi connectivity index (χ3v) is 5.12. The predicted molar refractivity (Wildman–Crippen MR) is 96.3 cm³/mol. The van der Waals surface area contributed by atoms with Gasteiger partial charge in [0.2, 0.25) is 23.5 Å². The van der Waals surface area contributed by atoms with Crippen LogP contribution in [0.25, 0.3) is 0 Å². The second-order valence-electron chi connectivity index (χ2n) is 4.71. The second kappa shape index (κ2) is 10.4. The van der Waals surface area contributed by atoms with E-state index in [9.17, 15) is 30.0 Å². The summed E-state index contributed by atoms with van der Waals surface area (Å²) in [6.45, 7) is 0.0166. The van der Waals surface area contributed by atoms with Gasteiger partial charge in [0.1, 0.15) is 13.2 Å². The Morgan fingerprint density at radius 3 is 1.36 bits per heavy atom. The van der Waals surface area contributed by atoms with E-state index in [1.54, 1.807) is 0 Å². The Hall–Kier alpha value is -3.00. The Balaban J connectivity index is 1.49. The molecule has 0 saturated heterocycles. The van der Waals surface area contributed by atoms with Gasteiger partial charge in [-0.3, -0.25) is 9.68 Å². The van der Waals surface area contributed by atoms with E-state index in [2.05, 4.69) is 9.68 Å². The summed E-state index contributed by atoms with van der Waals surface area (Å²) in [5.74, 6) is -1.03. The van der Waals surface area contributed by atoms with Crippen molar-refractivity contribution < 1.29 is 49.2 Å². The summed E-state index contributed by atoms with van der Waals surface area (Å²) in [5.41, 5.74) is 0. The smallest absolute Gasteiger partial charge is 0.492 e. The molecule has 2 aromatic rings. The summed E-state index contributed by atoms with van der Waals surface area (Å²) in [4.78, 5) is 31.9. The van der Waals surface area contributed by atoms with Crippen molar-refractivity contribution in [3.05, 3.63) is 24.3 Å². The highest BCUT2D eigenvalue weighted by atomic mass is 33.1. The number of hydrogen-bond acceptors (Lipinski definition) is 12. The first-order valence-electron chi connectivity index (χ1n) is 7.52. The number of carbonyl (C=O) groups excluding carboxylic acids is 2. The molecule has 12 nitrogen and oxygen atoms in total. The third-order valence-electron chi connectivity index (χ3n) is 2.78. The molecule has 14 heteroatoms. The van der Waals surface area contributed by atoms with Crippen LogP contribution in [0.4, 0.5) is 9.59 Å². The molecule has 0 saturated carbocycles. The summed E-state index contributed by atoms with van der Waals surface area (Å²) in [7, 11) is 2.66. The molecular formula is C14H16N2O10S2. The average molecular weight is 436 g/mol. The summed E-state index contributed by atoms with van der Waals surface area (Å²) in [5, 5.41) is 37.2. The largest absolute Gasteiger partial charge is 0.533 e. The molecule has 0 aromatic carbocycles. The molecule has 2 aromatic heterocycles. The van der Waals surface area contributed by atoms with Crippen LogP contribution >= 0.6 is 21.6 Å². The molecule has 0 radical (unpaired) electrons. The fourth-order valence-electron chi connectivity index (χ4n) is 1.63. The minimum atomic E-state index is -1.10. The number of aromatic nitrogens is 2. The van der Waals surface area contributed by atoms with E-state index in [0.29, 0.717) is 21.0 Å². The molecular weight excluding hydrogens is 420 g/mol. The molecule has 28 heavy (non-hydrogen) atoms. The van der Waals surface area contributed by atoms with Crippen molar-refractivity contribution >= 4 is 33.9 Å². The third kappa shape index (κ3) is 6.31. The van der Waals surface area contributed by atoms with Gasteiger partial charge in [-0.2, -0.15) is 0 Å². The molecule has 0 spiro atoms. The summed E-state index contributed by atoms with van der Waals surface area (Å²) in [6.07, 6.45) is -2.20. The molecule has 0 amide bonds. The van der Waals surface area contributed by atoms with Crippen LogP contribution in [0.5, 0.6) is 23.5 Å². The van der Waals surface area contributed by atoms with E-state index >= 15 is 0 Å². The van der Waals surface area contributed by atoms with Crippen LogP contribution in [-0.4, -0.2) is 66.9 Å². The monoisotopic (exact) mass is 436 g/mol. The minimum Gasteiger partial charge on any atom is -0.492 e. The maximum Gasteiger partial charge on any atom is 0.533 e. The lowest BCUT2D eigenvalue weighted by molar-refractivity contribution is 0.0387. The van der Waals surface area contributed by atoms with Crippen LogP contribution in [0, 0.1) is 0 Å². The summed E-state index contributed by atoms with van der Waals surface area (Å²) >= 11 is 0. The van der Waals surface area contributed by atoms with Crippen molar-refractivity contribution in [2.75, 3.05) is 24.7 Å². The Bertz CT molecular complexity index is 701. The fourth-order valence-corrected chi connectivity index (χ4v) is 3.28. The van der Waals surface area contributed by atoms with Gasteiger partial charge < -0.3 is 29.9 Å². The van der Waals surface area contributed by atoms with Crippen molar-refractivity contribution in [3.63, 3.8) is 0 Å². The van der Waals surface area contributed by atoms with Crippen LogP contribution in [0.2, 0.25) is 0 Å². The van der Waals surface area contributed by atoms with Gasteiger partial charge in [-0.1, -0.05) is 21.6 Å². The van der Waals surface area contributed by atoms with E-state index in [1.165, 1.54) is 21.6 Å². The molecule has 2 rings (SSSR count). The van der Waals surface area contributed by atoms with E-state index in [1.807, 2.05) is 0 Å². The Morgan fingerprint density at radius 1 is 0.714 bits per heavy atom. The highest BCUT2D eigenvalue weighted by Gasteiger charge is 2.14. The molecule has 0 aliphatic heterocycles. The average Bonchev–Trinajstić information content (AvgIpc) is 3.14. The predicted octanol–water partition coefficient (Wildman–Crippen LogP) is 1.32. The lowest BCUT2D eigenvalue weighted by Gasteiger charge is -2.08. The van der Waals surface area contributed by atoms with Gasteiger partial charge in [-0.05, 0) is 0 Å². The topological polar surface area (TPSA) is 162 Å². The highest BCUT2D eigenvalue weighted by Crippen LogP contribution is 2.21. The van der Waals surface area contributed by atoms with Gasteiger partial charge in [-0.25, -0.2) is 9.59 Å². The number of nitrogens with zero attached hydrogens (tertiary/aromatic N) is 2. The molecule has 0 aliphatic carbocycles. The normalized spacial score (nSPS) is 10.4. The first-order valence-corrected chi connectivity index (χ1v) is 10.0. The van der Waals surface area contributed by atoms with Crippen molar-refractivity contribution in [1.29, 1.82) is 0 Å². The van der Waals surface area contributed by atoms with Gasteiger partial charge in [-0.15, -0.1) is 9.46 Å².